The normalized spacial score (nSPS) is 10.2. The lowest BCUT2D eigenvalue weighted by Crippen LogP contribution is -2.10. The lowest BCUT2D eigenvalue weighted by molar-refractivity contribution is 0.382. The van der Waals surface area contributed by atoms with Crippen LogP contribution in [0.3, 0.4) is 0 Å². The van der Waals surface area contributed by atoms with E-state index < -0.39 is 8.25 Å². The van der Waals surface area contributed by atoms with Crippen molar-refractivity contribution in [2.75, 3.05) is 14.2 Å². The lowest BCUT2D eigenvalue weighted by Gasteiger charge is -2.26. The first-order valence-corrected chi connectivity index (χ1v) is 9.61. The Kier molecular flexibility index (Phi) is 10.9. The fourth-order valence-electron chi connectivity index (χ4n) is 3.37. The van der Waals surface area contributed by atoms with Crippen molar-refractivity contribution < 1.29 is 23.8 Å². The van der Waals surface area contributed by atoms with Crippen LogP contribution < -0.4 is 9.47 Å². The van der Waals surface area contributed by atoms with Crippen molar-refractivity contribution in [1.29, 1.82) is 0 Å². The molecule has 2 N–H and O–H groups in total. The molecule has 24 heavy (non-hydrogen) atoms. The molecule has 0 atom stereocenters. The van der Waals surface area contributed by atoms with Crippen LogP contribution in [0, 0.1) is 6.92 Å². The molecule has 6 heteroatoms. The highest BCUT2D eigenvalue weighted by molar-refractivity contribution is 7.30. The van der Waals surface area contributed by atoms with E-state index in [4.69, 9.17) is 23.8 Å². The quantitative estimate of drug-likeness (QED) is 0.692. The largest absolute Gasteiger partial charge is 0.692 e. The van der Waals surface area contributed by atoms with E-state index in [0.717, 1.165) is 37.2 Å². The SMILES string of the molecule is CCc1c(C)c(OC)c(CC)c(C(CC)CC)c1OC.O=[P+](O)O. The van der Waals surface area contributed by atoms with E-state index in [-0.39, 0.29) is 0 Å². The Hall–Kier alpha value is -1.16. The Morgan fingerprint density at radius 1 is 0.917 bits per heavy atom. The highest BCUT2D eigenvalue weighted by Gasteiger charge is 2.25. The molecular weight excluding hydrogens is 327 g/mol. The minimum Gasteiger partial charge on any atom is -0.496 e. The summed E-state index contributed by atoms with van der Waals surface area (Å²) in [5, 5.41) is 0. The average Bonchev–Trinajstić information content (AvgIpc) is 2.55. The van der Waals surface area contributed by atoms with Crippen LogP contribution >= 0.6 is 8.25 Å². The van der Waals surface area contributed by atoms with Gasteiger partial charge < -0.3 is 9.47 Å². The predicted molar refractivity (Wildman–Crippen MR) is 98.4 cm³/mol. The monoisotopic (exact) mass is 359 g/mol. The van der Waals surface area contributed by atoms with Gasteiger partial charge in [-0.05, 0) is 44.1 Å². The van der Waals surface area contributed by atoms with E-state index in [1.165, 1.54) is 22.3 Å². The molecule has 138 valence electrons. The summed E-state index contributed by atoms with van der Waals surface area (Å²) in [6, 6.07) is 0. The van der Waals surface area contributed by atoms with Gasteiger partial charge in [-0.1, -0.05) is 27.7 Å². The van der Waals surface area contributed by atoms with Gasteiger partial charge >= 0.3 is 8.25 Å². The summed E-state index contributed by atoms with van der Waals surface area (Å²) in [5.41, 5.74) is 5.23. The van der Waals surface area contributed by atoms with Crippen LogP contribution in [-0.4, -0.2) is 24.0 Å². The number of methoxy groups -OCH3 is 2. The number of hydrogen-bond donors (Lipinski definition) is 2. The molecular formula is C18H32O5P+. The van der Waals surface area contributed by atoms with Crippen LogP contribution in [-0.2, 0) is 17.4 Å². The second-order valence-electron chi connectivity index (χ2n) is 5.54. The number of hydrogen-bond acceptors (Lipinski definition) is 3. The van der Waals surface area contributed by atoms with E-state index in [1.807, 2.05) is 0 Å². The highest BCUT2D eigenvalue weighted by atomic mass is 31.1. The molecule has 0 aliphatic heterocycles. The maximum Gasteiger partial charge on any atom is 0.692 e. The Labute approximate surface area is 147 Å². The molecule has 0 unspecified atom stereocenters. The third-order valence-corrected chi connectivity index (χ3v) is 4.42. The van der Waals surface area contributed by atoms with Crippen molar-refractivity contribution in [3.8, 4) is 11.5 Å². The van der Waals surface area contributed by atoms with Gasteiger partial charge in [0, 0.05) is 21.3 Å². The minimum absolute atomic E-state index is 0.541. The maximum absolute atomic E-state index is 8.70. The van der Waals surface area contributed by atoms with Crippen molar-refractivity contribution in [1.82, 2.24) is 0 Å². The van der Waals surface area contributed by atoms with Crippen molar-refractivity contribution in [2.24, 2.45) is 0 Å². The Morgan fingerprint density at radius 3 is 1.62 bits per heavy atom. The molecule has 0 spiro atoms. The fraction of sp³-hybridized carbons (Fsp3) is 0.667. The summed E-state index contributed by atoms with van der Waals surface area (Å²) in [6.45, 7) is 11.0. The summed E-state index contributed by atoms with van der Waals surface area (Å²) < 4.78 is 20.3. The van der Waals surface area contributed by atoms with Gasteiger partial charge in [-0.15, -0.1) is 9.79 Å². The number of benzene rings is 1. The first kappa shape index (κ1) is 22.8. The van der Waals surface area contributed by atoms with Crippen LogP contribution in [0.25, 0.3) is 0 Å². The summed E-state index contributed by atoms with van der Waals surface area (Å²) >= 11 is 0. The molecule has 1 aromatic rings. The molecule has 0 radical (unpaired) electrons. The first-order valence-electron chi connectivity index (χ1n) is 8.45. The van der Waals surface area contributed by atoms with Crippen LogP contribution in [0.4, 0.5) is 0 Å². The number of ether oxygens (including phenoxy) is 2. The van der Waals surface area contributed by atoms with E-state index in [1.54, 1.807) is 14.2 Å². The molecule has 0 heterocycles. The molecule has 0 saturated heterocycles. The smallest absolute Gasteiger partial charge is 0.496 e. The van der Waals surface area contributed by atoms with Gasteiger partial charge in [0.25, 0.3) is 0 Å². The molecule has 0 aliphatic rings. The zero-order valence-corrected chi connectivity index (χ0v) is 16.9. The first-order chi connectivity index (χ1) is 11.3. The third-order valence-electron chi connectivity index (χ3n) is 4.42. The van der Waals surface area contributed by atoms with Gasteiger partial charge in [-0.25, -0.2) is 0 Å². The molecule has 0 fully saturated rings. The summed E-state index contributed by atoms with van der Waals surface area (Å²) in [4.78, 5) is 14.2. The molecule has 5 nitrogen and oxygen atoms in total. The minimum atomic E-state index is -2.87. The molecule has 0 saturated carbocycles. The topological polar surface area (TPSA) is 76.0 Å². The Bertz CT molecular complexity index is 502. The van der Waals surface area contributed by atoms with Gasteiger partial charge in [0.15, 0.2) is 0 Å². The molecule has 0 bridgehead atoms. The maximum atomic E-state index is 8.70. The van der Waals surface area contributed by atoms with E-state index in [2.05, 4.69) is 34.6 Å². The molecule has 1 aromatic carbocycles. The van der Waals surface area contributed by atoms with E-state index >= 15 is 0 Å². The van der Waals surface area contributed by atoms with Crippen LogP contribution in [0.2, 0.25) is 0 Å². The van der Waals surface area contributed by atoms with Gasteiger partial charge in [-0.3, -0.25) is 0 Å². The van der Waals surface area contributed by atoms with Gasteiger partial charge in [-0.2, -0.15) is 0 Å². The third kappa shape index (κ3) is 5.44. The van der Waals surface area contributed by atoms with Crippen LogP contribution in [0.15, 0.2) is 0 Å². The van der Waals surface area contributed by atoms with Gasteiger partial charge in [0.2, 0.25) is 0 Å². The Morgan fingerprint density at radius 2 is 1.33 bits per heavy atom. The van der Waals surface area contributed by atoms with E-state index in [0.29, 0.717) is 5.92 Å². The zero-order valence-electron chi connectivity index (χ0n) is 16.0. The lowest BCUT2D eigenvalue weighted by atomic mass is 9.84. The predicted octanol–water partition coefficient (Wildman–Crippen LogP) is 4.67. The van der Waals surface area contributed by atoms with Crippen LogP contribution in [0.5, 0.6) is 11.5 Å². The zero-order chi connectivity index (χ0) is 18.9. The second kappa shape index (κ2) is 11.4. The average molecular weight is 359 g/mol. The summed E-state index contributed by atoms with van der Waals surface area (Å²) in [5.74, 6) is 2.70. The van der Waals surface area contributed by atoms with Crippen molar-refractivity contribution in [2.45, 2.75) is 66.2 Å². The summed E-state index contributed by atoms with van der Waals surface area (Å²) in [6.07, 6.45) is 4.23. The highest BCUT2D eigenvalue weighted by Crippen LogP contribution is 2.44. The molecule has 0 aliphatic carbocycles. The van der Waals surface area contributed by atoms with Crippen LogP contribution in [0.1, 0.15) is 68.7 Å². The molecule has 1 rings (SSSR count). The number of rotatable bonds is 7. The molecule has 0 amide bonds. The second-order valence-corrected chi connectivity index (χ2v) is 6.04. The molecule has 0 aromatic heterocycles. The van der Waals surface area contributed by atoms with Crippen molar-refractivity contribution in [3.05, 3.63) is 22.3 Å². The van der Waals surface area contributed by atoms with Crippen molar-refractivity contribution in [3.63, 3.8) is 0 Å². The fourth-order valence-corrected chi connectivity index (χ4v) is 3.37. The standard InChI is InChI=1S/C18H30O2.HO3P/c1-8-13(9-2)16-15(11-4)17(19-6)12(5)14(10-3)18(16)20-7;1-4(2)3/h13H,8-11H2,1-7H3;(H-,1,2,3)/p+1. The van der Waals surface area contributed by atoms with Gasteiger partial charge in [0.05, 0.1) is 14.2 Å². The van der Waals surface area contributed by atoms with Crippen molar-refractivity contribution >= 4 is 8.25 Å². The van der Waals surface area contributed by atoms with Gasteiger partial charge in [0.1, 0.15) is 11.5 Å². The van der Waals surface area contributed by atoms with E-state index in [9.17, 15) is 0 Å². The summed E-state index contributed by atoms with van der Waals surface area (Å²) in [7, 11) is 0.709. The Balaban J connectivity index is 0.00000118.